The molecule has 10 heteroatoms. The lowest BCUT2D eigenvalue weighted by molar-refractivity contribution is -0.385. The van der Waals surface area contributed by atoms with Crippen molar-refractivity contribution in [3.63, 3.8) is 0 Å². The van der Waals surface area contributed by atoms with E-state index in [4.69, 9.17) is 9.47 Å². The minimum atomic E-state index is -3.63. The van der Waals surface area contributed by atoms with Crippen LogP contribution in [0, 0.1) is 17.0 Å². The molecule has 0 bridgehead atoms. The number of nitrogens with zero attached hydrogens (tertiary/aromatic N) is 2. The fourth-order valence-electron chi connectivity index (χ4n) is 2.77. The maximum absolute atomic E-state index is 12.6. The van der Waals surface area contributed by atoms with Gasteiger partial charge in [-0.15, -0.1) is 0 Å². The molecule has 0 aromatic heterocycles. The Balaban J connectivity index is 1.73. The first kappa shape index (κ1) is 19.9. The summed E-state index contributed by atoms with van der Waals surface area (Å²) in [5.74, 6) is -0.524. The number of nitro groups is 1. The summed E-state index contributed by atoms with van der Waals surface area (Å²) >= 11 is 0. The first-order valence-corrected chi connectivity index (χ1v) is 9.88. The monoisotopic (exact) mass is 406 g/mol. The fourth-order valence-corrected chi connectivity index (χ4v) is 4.18. The van der Waals surface area contributed by atoms with Gasteiger partial charge >= 0.3 is 5.97 Å². The Bertz CT molecular complexity index is 997. The van der Waals surface area contributed by atoms with Gasteiger partial charge in [-0.1, -0.05) is 0 Å². The van der Waals surface area contributed by atoms with Crippen LogP contribution in [0.25, 0.3) is 0 Å². The van der Waals surface area contributed by atoms with E-state index in [2.05, 4.69) is 0 Å². The number of rotatable bonds is 5. The van der Waals surface area contributed by atoms with Crippen molar-refractivity contribution >= 4 is 21.7 Å². The summed E-state index contributed by atoms with van der Waals surface area (Å²) in [5, 5.41) is 10.9. The highest BCUT2D eigenvalue weighted by Crippen LogP contribution is 2.23. The Morgan fingerprint density at radius 2 is 1.79 bits per heavy atom. The van der Waals surface area contributed by atoms with Gasteiger partial charge < -0.3 is 9.47 Å². The molecule has 0 radical (unpaired) electrons. The van der Waals surface area contributed by atoms with Crippen LogP contribution < -0.4 is 4.74 Å². The van der Waals surface area contributed by atoms with Crippen molar-refractivity contribution < 1.29 is 27.6 Å². The minimum absolute atomic E-state index is 0.0887. The summed E-state index contributed by atoms with van der Waals surface area (Å²) in [6.45, 7) is 2.81. The van der Waals surface area contributed by atoms with Crippen LogP contribution in [0.3, 0.4) is 0 Å². The Morgan fingerprint density at radius 3 is 2.36 bits per heavy atom. The summed E-state index contributed by atoms with van der Waals surface area (Å²) in [6.07, 6.45) is 0. The third-order valence-corrected chi connectivity index (χ3v) is 6.18. The lowest BCUT2D eigenvalue weighted by Gasteiger charge is -2.26. The molecule has 1 aliphatic heterocycles. The Morgan fingerprint density at radius 1 is 1.14 bits per heavy atom. The van der Waals surface area contributed by atoms with E-state index in [1.54, 1.807) is 0 Å². The number of esters is 1. The zero-order valence-electron chi connectivity index (χ0n) is 15.0. The van der Waals surface area contributed by atoms with Gasteiger partial charge in [-0.2, -0.15) is 4.31 Å². The zero-order chi connectivity index (χ0) is 20.3. The lowest BCUT2D eigenvalue weighted by Crippen LogP contribution is -2.40. The van der Waals surface area contributed by atoms with Gasteiger partial charge in [-0.05, 0) is 43.3 Å². The van der Waals surface area contributed by atoms with E-state index in [0.29, 0.717) is 31.9 Å². The van der Waals surface area contributed by atoms with Crippen LogP contribution in [0.5, 0.6) is 5.75 Å². The SMILES string of the molecule is Cc1cc(C(=O)Oc2ccc(S(=O)(=O)N3CCOCC3)cc2)ccc1[N+](=O)[O-]. The number of carbonyl (C=O) groups excluding carboxylic acids is 1. The third-order valence-electron chi connectivity index (χ3n) is 4.27. The van der Waals surface area contributed by atoms with Crippen LogP contribution in [0.4, 0.5) is 5.69 Å². The van der Waals surface area contributed by atoms with Crippen molar-refractivity contribution in [2.45, 2.75) is 11.8 Å². The third kappa shape index (κ3) is 4.19. The van der Waals surface area contributed by atoms with Crippen molar-refractivity contribution in [1.82, 2.24) is 4.31 Å². The van der Waals surface area contributed by atoms with E-state index >= 15 is 0 Å². The van der Waals surface area contributed by atoms with Gasteiger partial charge in [-0.3, -0.25) is 10.1 Å². The predicted molar refractivity (Wildman–Crippen MR) is 98.8 cm³/mol. The maximum atomic E-state index is 12.6. The van der Waals surface area contributed by atoms with Gasteiger partial charge in [0.15, 0.2) is 0 Å². The molecule has 9 nitrogen and oxygen atoms in total. The van der Waals surface area contributed by atoms with Crippen LogP contribution in [-0.4, -0.2) is 49.9 Å². The van der Waals surface area contributed by atoms with Gasteiger partial charge in [0.2, 0.25) is 10.0 Å². The Labute approximate surface area is 161 Å². The largest absolute Gasteiger partial charge is 0.423 e. The van der Waals surface area contributed by atoms with Crippen LogP contribution >= 0.6 is 0 Å². The molecular formula is C18H18N2O7S. The number of nitro benzene ring substituents is 1. The average molecular weight is 406 g/mol. The van der Waals surface area contributed by atoms with Crippen molar-refractivity contribution in [3.05, 3.63) is 63.7 Å². The number of sulfonamides is 1. The number of hydrogen-bond donors (Lipinski definition) is 0. The number of benzene rings is 2. The highest BCUT2D eigenvalue weighted by atomic mass is 32.2. The lowest BCUT2D eigenvalue weighted by atomic mass is 10.1. The summed E-state index contributed by atoms with van der Waals surface area (Å²) in [6, 6.07) is 9.45. The highest BCUT2D eigenvalue weighted by Gasteiger charge is 2.26. The van der Waals surface area contributed by atoms with Gasteiger partial charge in [0.05, 0.1) is 28.6 Å². The van der Waals surface area contributed by atoms with E-state index in [9.17, 15) is 23.3 Å². The normalized spacial score (nSPS) is 15.2. The Kier molecular flexibility index (Phi) is 5.73. The molecule has 1 saturated heterocycles. The van der Waals surface area contributed by atoms with Crippen molar-refractivity contribution in [3.8, 4) is 5.75 Å². The number of carbonyl (C=O) groups is 1. The predicted octanol–water partition coefficient (Wildman–Crippen LogP) is 2.14. The molecule has 28 heavy (non-hydrogen) atoms. The minimum Gasteiger partial charge on any atom is -0.423 e. The van der Waals surface area contributed by atoms with Gasteiger partial charge in [0.1, 0.15) is 5.75 Å². The van der Waals surface area contributed by atoms with E-state index in [0.717, 1.165) is 0 Å². The van der Waals surface area contributed by atoms with Crippen LogP contribution in [-0.2, 0) is 14.8 Å². The molecule has 0 N–H and O–H groups in total. The molecule has 148 valence electrons. The van der Waals surface area contributed by atoms with Crippen molar-refractivity contribution in [2.24, 2.45) is 0 Å². The molecule has 1 aliphatic rings. The summed E-state index contributed by atoms with van der Waals surface area (Å²) in [4.78, 5) is 22.7. The van der Waals surface area contributed by atoms with Crippen LogP contribution in [0.2, 0.25) is 0 Å². The summed E-state index contributed by atoms with van der Waals surface area (Å²) in [5.41, 5.74) is 0.411. The van der Waals surface area contributed by atoms with Crippen LogP contribution in [0.15, 0.2) is 47.4 Å². The molecule has 0 aliphatic carbocycles. The molecule has 2 aromatic rings. The molecular weight excluding hydrogens is 388 g/mol. The van der Waals surface area contributed by atoms with Gasteiger partial charge in [0.25, 0.3) is 5.69 Å². The maximum Gasteiger partial charge on any atom is 0.343 e. The van der Waals surface area contributed by atoms with E-state index in [-0.39, 0.29) is 21.9 Å². The van der Waals surface area contributed by atoms with E-state index in [1.165, 1.54) is 53.7 Å². The highest BCUT2D eigenvalue weighted by molar-refractivity contribution is 7.89. The molecule has 0 unspecified atom stereocenters. The Hall–Kier alpha value is -2.82. The van der Waals surface area contributed by atoms with Crippen molar-refractivity contribution in [2.75, 3.05) is 26.3 Å². The number of ether oxygens (including phenoxy) is 2. The quantitative estimate of drug-likeness (QED) is 0.323. The topological polar surface area (TPSA) is 116 Å². The molecule has 0 amide bonds. The molecule has 1 heterocycles. The molecule has 0 atom stereocenters. The van der Waals surface area contributed by atoms with Crippen LogP contribution in [0.1, 0.15) is 15.9 Å². The number of hydrogen-bond acceptors (Lipinski definition) is 7. The van der Waals surface area contributed by atoms with Crippen molar-refractivity contribution in [1.29, 1.82) is 0 Å². The van der Waals surface area contributed by atoms with E-state index < -0.39 is 20.9 Å². The van der Waals surface area contributed by atoms with Gasteiger partial charge in [0, 0.05) is 24.7 Å². The molecule has 2 aromatic carbocycles. The smallest absolute Gasteiger partial charge is 0.343 e. The summed E-state index contributed by atoms with van der Waals surface area (Å²) < 4.78 is 36.9. The zero-order valence-corrected chi connectivity index (χ0v) is 15.8. The first-order valence-electron chi connectivity index (χ1n) is 8.44. The second-order valence-corrected chi connectivity index (χ2v) is 8.07. The fraction of sp³-hybridized carbons (Fsp3) is 0.278. The second kappa shape index (κ2) is 8.05. The molecule has 3 rings (SSSR count). The number of morpholine rings is 1. The number of aryl methyl sites for hydroxylation is 1. The summed E-state index contributed by atoms with van der Waals surface area (Å²) in [7, 11) is -3.63. The molecule has 0 spiro atoms. The molecule has 1 fully saturated rings. The average Bonchev–Trinajstić information content (AvgIpc) is 2.68. The second-order valence-electron chi connectivity index (χ2n) is 6.14. The standard InChI is InChI=1S/C18H18N2O7S/c1-13-12-14(2-7-17(13)20(22)23)18(21)27-15-3-5-16(6-4-15)28(24,25)19-8-10-26-11-9-19/h2-7,12H,8-11H2,1H3. The van der Waals surface area contributed by atoms with E-state index in [1.807, 2.05) is 0 Å². The first-order chi connectivity index (χ1) is 13.3. The van der Waals surface area contributed by atoms with Gasteiger partial charge in [-0.25, -0.2) is 13.2 Å². The molecule has 0 saturated carbocycles.